The largest absolute Gasteiger partial charge is 0.324 e. The average molecular weight is 291 g/mol. The van der Waals surface area contributed by atoms with Crippen LogP contribution in [0.2, 0.25) is 0 Å². The molecule has 0 heterocycles. The van der Waals surface area contributed by atoms with Gasteiger partial charge in [0, 0.05) is 10.5 Å². The van der Waals surface area contributed by atoms with Gasteiger partial charge in [0.25, 0.3) is 0 Å². The van der Waals surface area contributed by atoms with Crippen LogP contribution in [0.5, 0.6) is 0 Å². The molecule has 0 spiro atoms. The van der Waals surface area contributed by atoms with Gasteiger partial charge < -0.3 is 5.73 Å². The Morgan fingerprint density at radius 3 is 2.80 bits per heavy atom. The molecule has 0 fully saturated rings. The van der Waals surface area contributed by atoms with Crippen LogP contribution >= 0.6 is 28.3 Å². The number of rotatable bonds is 4. The molecule has 0 amide bonds. The summed E-state index contributed by atoms with van der Waals surface area (Å²) in [5, 5.41) is 0. The molecule has 1 aromatic carbocycles. The highest BCUT2D eigenvalue weighted by molar-refractivity contribution is 9.10. The van der Waals surface area contributed by atoms with Crippen LogP contribution in [0.4, 0.5) is 0 Å². The van der Waals surface area contributed by atoms with E-state index in [2.05, 4.69) is 41.6 Å². The number of benzene rings is 1. The predicted molar refractivity (Wildman–Crippen MR) is 72.5 cm³/mol. The second kappa shape index (κ2) is 7.04. The maximum Gasteiger partial charge on any atom is 0.0300 e. The molecule has 1 aromatic rings. The van der Waals surface area contributed by atoms with Crippen molar-refractivity contribution < 1.29 is 0 Å². The minimum Gasteiger partial charge on any atom is -0.324 e. The Labute approximate surface area is 106 Å². The topological polar surface area (TPSA) is 26.0 Å². The summed E-state index contributed by atoms with van der Waals surface area (Å²) in [4.78, 5) is 0. The lowest BCUT2D eigenvalue weighted by atomic mass is 9.98. The Bertz CT molecular complexity index is 325. The number of allylic oxidation sites excluding steroid dienone is 1. The van der Waals surface area contributed by atoms with Crippen LogP contribution in [0.1, 0.15) is 30.0 Å². The van der Waals surface area contributed by atoms with Crippen LogP contribution in [0.25, 0.3) is 0 Å². The zero-order valence-corrected chi connectivity index (χ0v) is 11.3. The van der Waals surface area contributed by atoms with Crippen molar-refractivity contribution in [2.24, 2.45) is 5.73 Å². The van der Waals surface area contributed by atoms with Gasteiger partial charge in [0.1, 0.15) is 0 Å². The number of nitrogens with two attached hydrogens (primary N) is 1. The molecule has 0 aliphatic heterocycles. The van der Waals surface area contributed by atoms with Crippen LogP contribution in [0.15, 0.2) is 35.3 Å². The summed E-state index contributed by atoms with van der Waals surface area (Å²) in [6.07, 6.45) is 3.83. The molecule has 0 unspecified atom stereocenters. The van der Waals surface area contributed by atoms with Crippen molar-refractivity contribution in [1.29, 1.82) is 0 Å². The molecular weight excluding hydrogens is 273 g/mol. The fraction of sp³-hybridized carbons (Fsp3) is 0.333. The molecular formula is C12H17BrClN. The van der Waals surface area contributed by atoms with E-state index < -0.39 is 0 Å². The second-order valence-corrected chi connectivity index (χ2v) is 4.39. The van der Waals surface area contributed by atoms with Crippen molar-refractivity contribution in [2.45, 2.75) is 25.8 Å². The summed E-state index contributed by atoms with van der Waals surface area (Å²) in [6.45, 7) is 5.79. The highest BCUT2D eigenvalue weighted by Crippen LogP contribution is 2.23. The second-order valence-electron chi connectivity index (χ2n) is 3.47. The van der Waals surface area contributed by atoms with Gasteiger partial charge in [-0.2, -0.15) is 0 Å². The fourth-order valence-corrected chi connectivity index (χ4v) is 1.84. The first-order chi connectivity index (χ1) is 6.65. The Hall–Kier alpha value is -0.310. The van der Waals surface area contributed by atoms with Crippen LogP contribution in [-0.2, 0) is 0 Å². The van der Waals surface area contributed by atoms with E-state index in [1.54, 1.807) is 0 Å². The van der Waals surface area contributed by atoms with Crippen molar-refractivity contribution in [3.05, 3.63) is 46.5 Å². The highest BCUT2D eigenvalue weighted by Gasteiger charge is 2.08. The third-order valence-electron chi connectivity index (χ3n) is 2.32. The standard InChI is InChI=1S/C12H16BrN.ClH/c1-3-4-5-12(14)11-8-10(13)7-6-9(11)2;/h3,6-8,12H,1,4-5,14H2,2H3;1H/t12-;/m0./s1. The lowest BCUT2D eigenvalue weighted by molar-refractivity contribution is 0.657. The molecule has 0 radical (unpaired) electrons. The summed E-state index contributed by atoms with van der Waals surface area (Å²) < 4.78 is 1.09. The SMILES string of the molecule is C=CCC[C@H](N)c1cc(Br)ccc1C.Cl. The van der Waals surface area contributed by atoms with E-state index in [1.165, 1.54) is 11.1 Å². The molecule has 2 N–H and O–H groups in total. The van der Waals surface area contributed by atoms with Crippen molar-refractivity contribution in [1.82, 2.24) is 0 Å². The van der Waals surface area contributed by atoms with E-state index in [-0.39, 0.29) is 18.4 Å². The Kier molecular flexibility index (Phi) is 6.90. The molecule has 0 saturated heterocycles. The molecule has 1 rings (SSSR count). The summed E-state index contributed by atoms with van der Waals surface area (Å²) in [7, 11) is 0. The predicted octanol–water partition coefficient (Wildman–Crippen LogP) is 4.15. The van der Waals surface area contributed by atoms with Crippen LogP contribution in [-0.4, -0.2) is 0 Å². The van der Waals surface area contributed by atoms with Gasteiger partial charge in [-0.15, -0.1) is 19.0 Å². The molecule has 0 aliphatic rings. The maximum absolute atomic E-state index is 6.08. The first-order valence-electron chi connectivity index (χ1n) is 4.77. The van der Waals surface area contributed by atoms with E-state index in [0.29, 0.717) is 0 Å². The van der Waals surface area contributed by atoms with Gasteiger partial charge in [-0.1, -0.05) is 28.1 Å². The minimum absolute atomic E-state index is 0. The molecule has 0 saturated carbocycles. The summed E-state index contributed by atoms with van der Waals surface area (Å²) in [6, 6.07) is 6.35. The minimum atomic E-state index is 0. The van der Waals surface area contributed by atoms with Crippen LogP contribution in [0.3, 0.4) is 0 Å². The first-order valence-corrected chi connectivity index (χ1v) is 5.57. The van der Waals surface area contributed by atoms with Crippen molar-refractivity contribution in [3.8, 4) is 0 Å². The van der Waals surface area contributed by atoms with E-state index in [4.69, 9.17) is 5.73 Å². The number of hydrogen-bond donors (Lipinski definition) is 1. The monoisotopic (exact) mass is 289 g/mol. The lowest BCUT2D eigenvalue weighted by Crippen LogP contribution is -2.11. The van der Waals surface area contributed by atoms with Gasteiger partial charge in [-0.05, 0) is 43.0 Å². The molecule has 15 heavy (non-hydrogen) atoms. The fourth-order valence-electron chi connectivity index (χ4n) is 1.46. The molecule has 0 aromatic heterocycles. The zero-order chi connectivity index (χ0) is 10.6. The Balaban J connectivity index is 0.00000196. The molecule has 0 bridgehead atoms. The Morgan fingerprint density at radius 2 is 2.20 bits per heavy atom. The average Bonchev–Trinajstić information content (AvgIpc) is 2.18. The molecule has 84 valence electrons. The number of aryl methyl sites for hydroxylation is 1. The third-order valence-corrected chi connectivity index (χ3v) is 2.82. The van der Waals surface area contributed by atoms with Gasteiger partial charge in [0.05, 0.1) is 0 Å². The highest BCUT2D eigenvalue weighted by atomic mass is 79.9. The maximum atomic E-state index is 6.08. The Morgan fingerprint density at radius 1 is 1.53 bits per heavy atom. The van der Waals surface area contributed by atoms with E-state index in [9.17, 15) is 0 Å². The third kappa shape index (κ3) is 4.37. The first kappa shape index (κ1) is 14.7. The van der Waals surface area contributed by atoms with Gasteiger partial charge >= 0.3 is 0 Å². The van der Waals surface area contributed by atoms with E-state index in [1.807, 2.05) is 12.1 Å². The number of halogens is 2. The van der Waals surface area contributed by atoms with Crippen LogP contribution in [0, 0.1) is 6.92 Å². The normalized spacial score (nSPS) is 11.7. The van der Waals surface area contributed by atoms with Gasteiger partial charge in [0.2, 0.25) is 0 Å². The van der Waals surface area contributed by atoms with E-state index in [0.717, 1.165) is 17.3 Å². The number of hydrogen-bond acceptors (Lipinski definition) is 1. The summed E-state index contributed by atoms with van der Waals surface area (Å²) in [5.74, 6) is 0. The van der Waals surface area contributed by atoms with E-state index >= 15 is 0 Å². The van der Waals surface area contributed by atoms with Crippen molar-refractivity contribution >= 4 is 28.3 Å². The summed E-state index contributed by atoms with van der Waals surface area (Å²) >= 11 is 3.46. The molecule has 1 nitrogen and oxygen atoms in total. The van der Waals surface area contributed by atoms with Gasteiger partial charge in [-0.3, -0.25) is 0 Å². The lowest BCUT2D eigenvalue weighted by Gasteiger charge is -2.14. The van der Waals surface area contributed by atoms with Gasteiger partial charge in [0.15, 0.2) is 0 Å². The molecule has 3 heteroatoms. The van der Waals surface area contributed by atoms with Crippen LogP contribution < -0.4 is 5.73 Å². The zero-order valence-electron chi connectivity index (χ0n) is 8.87. The van der Waals surface area contributed by atoms with Crippen molar-refractivity contribution in [2.75, 3.05) is 0 Å². The van der Waals surface area contributed by atoms with Crippen molar-refractivity contribution in [3.63, 3.8) is 0 Å². The molecule has 1 atom stereocenters. The molecule has 0 aliphatic carbocycles. The quantitative estimate of drug-likeness (QED) is 0.829. The van der Waals surface area contributed by atoms with Gasteiger partial charge in [-0.25, -0.2) is 0 Å². The summed E-state index contributed by atoms with van der Waals surface area (Å²) in [5.41, 5.74) is 8.56. The smallest absolute Gasteiger partial charge is 0.0300 e.